The second kappa shape index (κ2) is 7.15. The van der Waals surface area contributed by atoms with Gasteiger partial charge in [-0.2, -0.15) is 0 Å². The van der Waals surface area contributed by atoms with Gasteiger partial charge in [0.05, 0.1) is 0 Å². The number of hydrogen-bond donors (Lipinski definition) is 1. The third-order valence-corrected chi connectivity index (χ3v) is 4.04. The van der Waals surface area contributed by atoms with E-state index in [1.807, 2.05) is 6.92 Å². The van der Waals surface area contributed by atoms with Crippen molar-refractivity contribution in [2.45, 2.75) is 39.7 Å². The molecule has 2 unspecified atom stereocenters. The lowest BCUT2D eigenvalue weighted by Gasteiger charge is -2.23. The fraction of sp³-hybridized carbons (Fsp3) is 0.600. The van der Waals surface area contributed by atoms with Crippen molar-refractivity contribution in [3.05, 3.63) is 28.2 Å². The van der Waals surface area contributed by atoms with Gasteiger partial charge < -0.3 is 10.6 Å². The SMILES string of the molecule is CCC(C)CN(C)c1ccc(CC(C)N)c(Br)c1. The first kappa shape index (κ1) is 15.5. The number of anilines is 1. The fourth-order valence-electron chi connectivity index (χ4n) is 1.99. The Bertz CT molecular complexity index is 377. The van der Waals surface area contributed by atoms with Crippen LogP contribution in [0.3, 0.4) is 0 Å². The average molecular weight is 313 g/mol. The Morgan fingerprint density at radius 1 is 1.33 bits per heavy atom. The topological polar surface area (TPSA) is 29.3 Å². The minimum Gasteiger partial charge on any atom is -0.374 e. The first-order valence-corrected chi connectivity index (χ1v) is 7.48. The van der Waals surface area contributed by atoms with Crippen LogP contribution in [-0.4, -0.2) is 19.6 Å². The zero-order valence-electron chi connectivity index (χ0n) is 11.9. The standard InChI is InChI=1S/C15H25BrN2/c1-5-11(2)10-18(4)14-7-6-13(8-12(3)17)15(16)9-14/h6-7,9,11-12H,5,8,10,17H2,1-4H3. The highest BCUT2D eigenvalue weighted by Gasteiger charge is 2.09. The Hall–Kier alpha value is -0.540. The van der Waals surface area contributed by atoms with Gasteiger partial charge in [-0.1, -0.05) is 42.3 Å². The normalized spacial score (nSPS) is 14.3. The van der Waals surface area contributed by atoms with Crippen molar-refractivity contribution >= 4 is 21.6 Å². The van der Waals surface area contributed by atoms with Crippen molar-refractivity contribution < 1.29 is 0 Å². The summed E-state index contributed by atoms with van der Waals surface area (Å²) in [6.45, 7) is 7.65. The zero-order valence-corrected chi connectivity index (χ0v) is 13.5. The van der Waals surface area contributed by atoms with E-state index in [2.05, 4.69) is 59.9 Å². The molecule has 102 valence electrons. The van der Waals surface area contributed by atoms with Gasteiger partial charge >= 0.3 is 0 Å². The molecule has 0 radical (unpaired) electrons. The summed E-state index contributed by atoms with van der Waals surface area (Å²) in [6, 6.07) is 6.76. The molecule has 0 spiro atoms. The maximum atomic E-state index is 5.84. The van der Waals surface area contributed by atoms with Crippen LogP contribution in [-0.2, 0) is 6.42 Å². The van der Waals surface area contributed by atoms with Crippen molar-refractivity contribution in [1.82, 2.24) is 0 Å². The van der Waals surface area contributed by atoms with Crippen molar-refractivity contribution in [3.8, 4) is 0 Å². The fourth-order valence-corrected chi connectivity index (χ4v) is 2.52. The lowest BCUT2D eigenvalue weighted by atomic mass is 10.1. The molecule has 2 nitrogen and oxygen atoms in total. The van der Waals surface area contributed by atoms with Gasteiger partial charge in [-0.25, -0.2) is 0 Å². The molecule has 0 saturated heterocycles. The predicted molar refractivity (Wildman–Crippen MR) is 84.2 cm³/mol. The number of halogens is 1. The maximum absolute atomic E-state index is 5.84. The zero-order chi connectivity index (χ0) is 13.7. The molecule has 2 atom stereocenters. The molecule has 2 N–H and O–H groups in total. The first-order valence-electron chi connectivity index (χ1n) is 6.69. The van der Waals surface area contributed by atoms with Crippen LogP contribution in [0, 0.1) is 5.92 Å². The molecule has 0 aliphatic carbocycles. The van der Waals surface area contributed by atoms with Crippen LogP contribution in [0.25, 0.3) is 0 Å². The van der Waals surface area contributed by atoms with E-state index in [9.17, 15) is 0 Å². The number of benzene rings is 1. The summed E-state index contributed by atoms with van der Waals surface area (Å²) in [7, 11) is 2.15. The molecular weight excluding hydrogens is 288 g/mol. The number of hydrogen-bond acceptors (Lipinski definition) is 2. The van der Waals surface area contributed by atoms with Crippen LogP contribution in [0.1, 0.15) is 32.8 Å². The lowest BCUT2D eigenvalue weighted by molar-refractivity contribution is 0.560. The summed E-state index contributed by atoms with van der Waals surface area (Å²) >= 11 is 3.64. The van der Waals surface area contributed by atoms with Crippen molar-refractivity contribution in [3.63, 3.8) is 0 Å². The van der Waals surface area contributed by atoms with Crippen molar-refractivity contribution in [2.24, 2.45) is 11.7 Å². The molecule has 0 bridgehead atoms. The van der Waals surface area contributed by atoms with Crippen LogP contribution >= 0.6 is 15.9 Å². The van der Waals surface area contributed by atoms with E-state index >= 15 is 0 Å². The third kappa shape index (κ3) is 4.62. The predicted octanol–water partition coefficient (Wildman–Crippen LogP) is 3.82. The number of rotatable bonds is 6. The van der Waals surface area contributed by atoms with Crippen molar-refractivity contribution in [2.75, 3.05) is 18.5 Å². The second-order valence-corrected chi connectivity index (χ2v) is 6.21. The average Bonchev–Trinajstić information content (AvgIpc) is 2.30. The van der Waals surface area contributed by atoms with Crippen LogP contribution in [0.4, 0.5) is 5.69 Å². The molecule has 0 aliphatic heterocycles. The largest absolute Gasteiger partial charge is 0.374 e. The van der Waals surface area contributed by atoms with E-state index in [4.69, 9.17) is 5.73 Å². The van der Waals surface area contributed by atoms with E-state index in [0.717, 1.165) is 23.4 Å². The highest BCUT2D eigenvalue weighted by Crippen LogP contribution is 2.25. The van der Waals surface area contributed by atoms with E-state index in [1.54, 1.807) is 0 Å². The molecule has 0 aromatic heterocycles. The highest BCUT2D eigenvalue weighted by atomic mass is 79.9. The van der Waals surface area contributed by atoms with Gasteiger partial charge in [0.1, 0.15) is 0 Å². The Morgan fingerprint density at radius 2 is 2.00 bits per heavy atom. The van der Waals surface area contributed by atoms with Gasteiger partial charge in [0.2, 0.25) is 0 Å². The summed E-state index contributed by atoms with van der Waals surface area (Å²) in [4.78, 5) is 2.31. The van der Waals surface area contributed by atoms with Gasteiger partial charge in [0, 0.05) is 29.8 Å². The quantitative estimate of drug-likeness (QED) is 0.865. The minimum atomic E-state index is 0.199. The maximum Gasteiger partial charge on any atom is 0.0375 e. The molecule has 1 aromatic rings. The number of nitrogens with zero attached hydrogens (tertiary/aromatic N) is 1. The Morgan fingerprint density at radius 3 is 2.50 bits per heavy atom. The molecule has 0 amide bonds. The first-order chi connectivity index (χ1) is 8.43. The second-order valence-electron chi connectivity index (χ2n) is 5.35. The summed E-state index contributed by atoms with van der Waals surface area (Å²) in [6.07, 6.45) is 2.13. The van der Waals surface area contributed by atoms with Crippen LogP contribution in [0.15, 0.2) is 22.7 Å². The molecule has 18 heavy (non-hydrogen) atoms. The van der Waals surface area contributed by atoms with Gasteiger partial charge in [-0.05, 0) is 37.0 Å². The number of nitrogens with two attached hydrogens (primary N) is 1. The summed E-state index contributed by atoms with van der Waals surface area (Å²) in [5, 5.41) is 0. The Labute approximate surface area is 120 Å². The molecule has 0 saturated carbocycles. The monoisotopic (exact) mass is 312 g/mol. The van der Waals surface area contributed by atoms with E-state index in [1.165, 1.54) is 17.7 Å². The van der Waals surface area contributed by atoms with Crippen molar-refractivity contribution in [1.29, 1.82) is 0 Å². The molecule has 0 fully saturated rings. The van der Waals surface area contributed by atoms with E-state index < -0.39 is 0 Å². The third-order valence-electron chi connectivity index (χ3n) is 3.30. The molecule has 1 rings (SSSR count). The van der Waals surface area contributed by atoms with Gasteiger partial charge in [0.15, 0.2) is 0 Å². The molecule has 1 aromatic carbocycles. The summed E-state index contributed by atoms with van der Waals surface area (Å²) < 4.78 is 1.16. The van der Waals surface area contributed by atoms with Gasteiger partial charge in [-0.15, -0.1) is 0 Å². The van der Waals surface area contributed by atoms with E-state index in [0.29, 0.717) is 0 Å². The summed E-state index contributed by atoms with van der Waals surface area (Å²) in [5.41, 5.74) is 8.39. The van der Waals surface area contributed by atoms with E-state index in [-0.39, 0.29) is 6.04 Å². The molecule has 0 heterocycles. The summed E-state index contributed by atoms with van der Waals surface area (Å²) in [5.74, 6) is 0.720. The van der Waals surface area contributed by atoms with Gasteiger partial charge in [-0.3, -0.25) is 0 Å². The Kier molecular flexibility index (Phi) is 6.16. The smallest absolute Gasteiger partial charge is 0.0375 e. The lowest BCUT2D eigenvalue weighted by Crippen LogP contribution is -2.23. The molecule has 3 heteroatoms. The molecular formula is C15H25BrN2. The van der Waals surface area contributed by atoms with Crippen LogP contribution in [0.5, 0.6) is 0 Å². The Balaban J connectivity index is 2.77. The van der Waals surface area contributed by atoms with Gasteiger partial charge in [0.25, 0.3) is 0 Å². The minimum absolute atomic E-state index is 0.199. The molecule has 0 aliphatic rings. The van der Waals surface area contributed by atoms with Crippen LogP contribution in [0.2, 0.25) is 0 Å². The van der Waals surface area contributed by atoms with Crippen LogP contribution < -0.4 is 10.6 Å². The highest BCUT2D eigenvalue weighted by molar-refractivity contribution is 9.10.